The molecule has 122 valence electrons. The largest absolute Gasteiger partial charge is 0.493 e. The van der Waals surface area contributed by atoms with Crippen molar-refractivity contribution in [3.05, 3.63) is 17.7 Å². The van der Waals surface area contributed by atoms with Crippen LogP contribution >= 0.6 is 0 Å². The number of carbonyl (C=O) groups excluding carboxylic acids is 1. The van der Waals surface area contributed by atoms with Crippen LogP contribution in [0.25, 0.3) is 0 Å². The summed E-state index contributed by atoms with van der Waals surface area (Å²) >= 11 is 0. The van der Waals surface area contributed by atoms with Crippen LogP contribution in [0, 0.1) is 0 Å². The molecule has 0 aromatic heterocycles. The van der Waals surface area contributed by atoms with Gasteiger partial charge in [-0.2, -0.15) is 0 Å². The minimum absolute atomic E-state index is 0.130. The molecular formula is C16H22O6. The van der Waals surface area contributed by atoms with E-state index < -0.39 is 11.9 Å². The minimum atomic E-state index is -1.08. The SMILES string of the molecule is CCOc1cc(OCC)c(C(CC=O)C(=O)O)cc1OCC. The average molecular weight is 310 g/mol. The van der Waals surface area contributed by atoms with Crippen LogP contribution in [0.1, 0.15) is 38.7 Å². The molecule has 0 aliphatic heterocycles. The third kappa shape index (κ3) is 4.38. The molecule has 1 rings (SSSR count). The topological polar surface area (TPSA) is 82.1 Å². The van der Waals surface area contributed by atoms with Gasteiger partial charge in [0.1, 0.15) is 12.0 Å². The molecule has 22 heavy (non-hydrogen) atoms. The van der Waals surface area contributed by atoms with E-state index in [1.54, 1.807) is 19.1 Å². The molecule has 0 spiro atoms. The molecule has 6 nitrogen and oxygen atoms in total. The Morgan fingerprint density at radius 1 is 1.05 bits per heavy atom. The van der Waals surface area contributed by atoms with Gasteiger partial charge < -0.3 is 24.1 Å². The maximum Gasteiger partial charge on any atom is 0.311 e. The molecule has 1 atom stereocenters. The van der Waals surface area contributed by atoms with Crippen molar-refractivity contribution in [1.29, 1.82) is 0 Å². The number of aliphatic carboxylic acids is 1. The number of carboxylic acids is 1. The fourth-order valence-electron chi connectivity index (χ4n) is 2.10. The summed E-state index contributed by atoms with van der Waals surface area (Å²) < 4.78 is 16.5. The van der Waals surface area contributed by atoms with Crippen LogP contribution < -0.4 is 14.2 Å². The summed E-state index contributed by atoms with van der Waals surface area (Å²) in [6, 6.07) is 3.20. The van der Waals surface area contributed by atoms with Gasteiger partial charge in [-0.05, 0) is 26.8 Å². The summed E-state index contributed by atoms with van der Waals surface area (Å²) in [5, 5.41) is 9.36. The van der Waals surface area contributed by atoms with Gasteiger partial charge in [-0.15, -0.1) is 0 Å². The summed E-state index contributed by atoms with van der Waals surface area (Å²) in [5.74, 6) is -0.732. The van der Waals surface area contributed by atoms with Crippen molar-refractivity contribution in [3.8, 4) is 17.2 Å². The molecule has 0 amide bonds. The van der Waals surface area contributed by atoms with Crippen LogP contribution in [0.15, 0.2) is 12.1 Å². The summed E-state index contributed by atoms with van der Waals surface area (Å²) in [7, 11) is 0. The number of benzene rings is 1. The van der Waals surface area contributed by atoms with Gasteiger partial charge in [0.25, 0.3) is 0 Å². The summed E-state index contributed by atoms with van der Waals surface area (Å²) in [6.07, 6.45) is 0.459. The first-order valence-corrected chi connectivity index (χ1v) is 7.31. The molecule has 0 aliphatic carbocycles. The Bertz CT molecular complexity index is 512. The molecule has 1 aromatic rings. The Morgan fingerprint density at radius 3 is 2.00 bits per heavy atom. The van der Waals surface area contributed by atoms with E-state index in [1.807, 2.05) is 13.8 Å². The Morgan fingerprint density at radius 2 is 1.55 bits per heavy atom. The zero-order valence-corrected chi connectivity index (χ0v) is 13.1. The van der Waals surface area contributed by atoms with E-state index in [9.17, 15) is 14.7 Å². The minimum Gasteiger partial charge on any atom is -0.493 e. The van der Waals surface area contributed by atoms with E-state index in [2.05, 4.69) is 0 Å². The van der Waals surface area contributed by atoms with Crippen molar-refractivity contribution in [2.75, 3.05) is 19.8 Å². The smallest absolute Gasteiger partial charge is 0.311 e. The van der Waals surface area contributed by atoms with Crippen LogP contribution in [0.5, 0.6) is 17.2 Å². The first kappa shape index (κ1) is 17.8. The van der Waals surface area contributed by atoms with E-state index in [1.165, 1.54) is 0 Å². The number of ether oxygens (including phenoxy) is 3. The van der Waals surface area contributed by atoms with Crippen LogP contribution in [-0.2, 0) is 9.59 Å². The lowest BCUT2D eigenvalue weighted by Gasteiger charge is -2.19. The highest BCUT2D eigenvalue weighted by Crippen LogP contribution is 2.39. The highest BCUT2D eigenvalue weighted by molar-refractivity contribution is 5.81. The van der Waals surface area contributed by atoms with Crippen molar-refractivity contribution < 1.29 is 28.9 Å². The standard InChI is InChI=1S/C16H22O6/c1-4-20-13-10-15(22-6-3)14(21-5-2)9-12(13)11(7-8-17)16(18)19/h8-11H,4-7H2,1-3H3,(H,18,19). The quantitative estimate of drug-likeness (QED) is 0.669. The molecule has 1 unspecified atom stereocenters. The number of carboxylic acid groups (broad SMARTS) is 1. The zero-order chi connectivity index (χ0) is 16.5. The van der Waals surface area contributed by atoms with E-state index >= 15 is 0 Å². The van der Waals surface area contributed by atoms with Crippen LogP contribution in [0.3, 0.4) is 0 Å². The molecule has 1 aromatic carbocycles. The third-order valence-electron chi connectivity index (χ3n) is 2.98. The Balaban J connectivity index is 3.40. The van der Waals surface area contributed by atoms with E-state index in [4.69, 9.17) is 14.2 Å². The molecule has 0 bridgehead atoms. The lowest BCUT2D eigenvalue weighted by Crippen LogP contribution is -2.14. The zero-order valence-electron chi connectivity index (χ0n) is 13.1. The van der Waals surface area contributed by atoms with Crippen molar-refractivity contribution in [2.45, 2.75) is 33.1 Å². The lowest BCUT2D eigenvalue weighted by molar-refractivity contribution is -0.139. The van der Waals surface area contributed by atoms with E-state index in [0.717, 1.165) is 0 Å². The van der Waals surface area contributed by atoms with E-state index in [0.29, 0.717) is 48.9 Å². The molecule has 0 radical (unpaired) electrons. The summed E-state index contributed by atoms with van der Waals surface area (Å²) in [5.41, 5.74) is 0.411. The summed E-state index contributed by atoms with van der Waals surface area (Å²) in [6.45, 7) is 6.71. The van der Waals surface area contributed by atoms with Gasteiger partial charge in [0, 0.05) is 18.1 Å². The average Bonchev–Trinajstić information content (AvgIpc) is 2.48. The predicted octanol–water partition coefficient (Wildman–Crippen LogP) is 2.64. The third-order valence-corrected chi connectivity index (χ3v) is 2.98. The number of hydrogen-bond acceptors (Lipinski definition) is 5. The van der Waals surface area contributed by atoms with Crippen molar-refractivity contribution in [2.24, 2.45) is 0 Å². The molecule has 0 fully saturated rings. The number of aldehydes is 1. The van der Waals surface area contributed by atoms with Gasteiger partial charge in [0.15, 0.2) is 11.5 Å². The van der Waals surface area contributed by atoms with Crippen molar-refractivity contribution in [1.82, 2.24) is 0 Å². The second kappa shape index (κ2) is 8.92. The second-order valence-corrected chi connectivity index (χ2v) is 4.43. The van der Waals surface area contributed by atoms with E-state index in [-0.39, 0.29) is 6.42 Å². The molecule has 1 N–H and O–H groups in total. The second-order valence-electron chi connectivity index (χ2n) is 4.43. The van der Waals surface area contributed by atoms with Gasteiger partial charge in [0.2, 0.25) is 0 Å². The Kier molecular flexibility index (Phi) is 7.22. The van der Waals surface area contributed by atoms with Crippen molar-refractivity contribution >= 4 is 12.3 Å². The molecule has 0 aliphatic rings. The first-order valence-electron chi connectivity index (χ1n) is 7.31. The highest BCUT2D eigenvalue weighted by atomic mass is 16.5. The maximum absolute atomic E-state index is 11.4. The van der Waals surface area contributed by atoms with Gasteiger partial charge >= 0.3 is 5.97 Å². The number of carbonyl (C=O) groups is 2. The van der Waals surface area contributed by atoms with Crippen LogP contribution in [0.2, 0.25) is 0 Å². The Hall–Kier alpha value is -2.24. The Labute approximate surface area is 130 Å². The maximum atomic E-state index is 11.4. The molecule has 0 saturated carbocycles. The normalized spacial score (nSPS) is 11.6. The van der Waals surface area contributed by atoms with Crippen LogP contribution in [-0.4, -0.2) is 37.2 Å². The van der Waals surface area contributed by atoms with Gasteiger partial charge in [-0.25, -0.2) is 0 Å². The molecule has 0 saturated heterocycles. The highest BCUT2D eigenvalue weighted by Gasteiger charge is 2.26. The fraction of sp³-hybridized carbons (Fsp3) is 0.500. The predicted molar refractivity (Wildman–Crippen MR) is 81.0 cm³/mol. The monoisotopic (exact) mass is 310 g/mol. The lowest BCUT2D eigenvalue weighted by atomic mass is 9.95. The number of hydrogen-bond donors (Lipinski definition) is 1. The van der Waals surface area contributed by atoms with Gasteiger partial charge in [-0.1, -0.05) is 0 Å². The first-order chi connectivity index (χ1) is 10.6. The summed E-state index contributed by atoms with van der Waals surface area (Å²) in [4.78, 5) is 22.2. The molecular weight excluding hydrogens is 288 g/mol. The van der Waals surface area contributed by atoms with Gasteiger partial charge in [-0.3, -0.25) is 4.79 Å². The van der Waals surface area contributed by atoms with Crippen molar-refractivity contribution in [3.63, 3.8) is 0 Å². The number of rotatable bonds is 10. The van der Waals surface area contributed by atoms with Gasteiger partial charge in [0.05, 0.1) is 25.7 Å². The van der Waals surface area contributed by atoms with Crippen LogP contribution in [0.4, 0.5) is 0 Å². The molecule has 0 heterocycles. The molecule has 6 heteroatoms. The fourth-order valence-corrected chi connectivity index (χ4v) is 2.10.